The van der Waals surface area contributed by atoms with E-state index in [4.69, 9.17) is 0 Å². The zero-order chi connectivity index (χ0) is 9.65. The summed E-state index contributed by atoms with van der Waals surface area (Å²) >= 11 is 13.5. The SMILES string of the molecule is CS(C)=O.FC(F)(Cl)C(Cl)Cl. The fourth-order valence-electron chi connectivity index (χ4n) is 0. The molecule has 0 radical (unpaired) electrons. The average molecular weight is 248 g/mol. The lowest BCUT2D eigenvalue weighted by Crippen LogP contribution is -2.15. The third-order valence-electron chi connectivity index (χ3n) is 0.247. The van der Waals surface area contributed by atoms with Crippen LogP contribution in [0.1, 0.15) is 0 Å². The van der Waals surface area contributed by atoms with E-state index in [1.165, 1.54) is 0 Å². The third kappa shape index (κ3) is 18.1. The zero-order valence-electron chi connectivity index (χ0n) is 5.78. The van der Waals surface area contributed by atoms with Crippen LogP contribution in [0.25, 0.3) is 0 Å². The van der Waals surface area contributed by atoms with Gasteiger partial charge in [-0.25, -0.2) is 0 Å². The smallest absolute Gasteiger partial charge is 0.260 e. The first-order valence-corrected chi connectivity index (χ1v) is 5.49. The summed E-state index contributed by atoms with van der Waals surface area (Å²) in [5.41, 5.74) is 0. The summed E-state index contributed by atoms with van der Waals surface area (Å²) in [7, 11) is -0.611. The lowest BCUT2D eigenvalue weighted by molar-refractivity contribution is 0.112. The van der Waals surface area contributed by atoms with Crippen LogP contribution in [0.15, 0.2) is 0 Å². The van der Waals surface area contributed by atoms with Crippen molar-refractivity contribution in [3.8, 4) is 0 Å². The number of hydrogen-bond acceptors (Lipinski definition) is 1. The summed E-state index contributed by atoms with van der Waals surface area (Å²) in [4.78, 5) is -1.82. The van der Waals surface area contributed by atoms with Crippen LogP contribution < -0.4 is 0 Å². The van der Waals surface area contributed by atoms with Crippen molar-refractivity contribution in [1.29, 1.82) is 0 Å². The minimum Gasteiger partial charge on any atom is -0.260 e. The molecule has 0 atom stereocenters. The number of alkyl halides is 5. The Kier molecular flexibility index (Phi) is 8.38. The van der Waals surface area contributed by atoms with Gasteiger partial charge in [0.25, 0.3) is 0 Å². The van der Waals surface area contributed by atoms with Crippen molar-refractivity contribution in [2.24, 2.45) is 0 Å². The topological polar surface area (TPSA) is 17.1 Å². The van der Waals surface area contributed by atoms with E-state index in [-0.39, 0.29) is 0 Å². The van der Waals surface area contributed by atoms with Gasteiger partial charge in [-0.2, -0.15) is 8.78 Å². The van der Waals surface area contributed by atoms with E-state index >= 15 is 0 Å². The van der Waals surface area contributed by atoms with Crippen molar-refractivity contribution in [2.45, 2.75) is 10.2 Å². The van der Waals surface area contributed by atoms with Crippen molar-refractivity contribution in [3.05, 3.63) is 0 Å². The van der Waals surface area contributed by atoms with Crippen LogP contribution in [0.5, 0.6) is 0 Å². The molecule has 0 rings (SSSR count). The standard InChI is InChI=1S/C2HCl3F2.C2H6OS/c3-1(4)2(5,6)7;1-4(2)3/h1H;1-2H3. The highest BCUT2D eigenvalue weighted by Gasteiger charge is 2.33. The van der Waals surface area contributed by atoms with E-state index in [0.29, 0.717) is 0 Å². The summed E-state index contributed by atoms with van der Waals surface area (Å²) in [5, 5.41) is -3.50. The fourth-order valence-corrected chi connectivity index (χ4v) is 0. The number of hydrogen-bond donors (Lipinski definition) is 0. The minimum absolute atomic E-state index is 0.611. The summed E-state index contributed by atoms with van der Waals surface area (Å²) in [6.45, 7) is 0. The Morgan fingerprint density at radius 2 is 1.45 bits per heavy atom. The number of halogens is 5. The van der Waals surface area contributed by atoms with Gasteiger partial charge in [-0.1, -0.05) is 23.2 Å². The molecule has 0 fully saturated rings. The molecule has 0 amide bonds. The predicted octanol–water partition coefficient (Wildman–Crippen LogP) is 2.62. The zero-order valence-corrected chi connectivity index (χ0v) is 8.87. The molecular formula is C4H7Cl3F2OS. The fraction of sp³-hybridized carbons (Fsp3) is 1.00. The molecule has 70 valence electrons. The Morgan fingerprint density at radius 1 is 1.36 bits per heavy atom. The Balaban J connectivity index is 0. The van der Waals surface area contributed by atoms with Crippen molar-refractivity contribution in [1.82, 2.24) is 0 Å². The molecule has 0 aliphatic rings. The highest BCUT2D eigenvalue weighted by molar-refractivity contribution is 7.83. The quantitative estimate of drug-likeness (QED) is 0.651. The highest BCUT2D eigenvalue weighted by atomic mass is 35.5. The molecule has 0 spiro atoms. The Bertz CT molecular complexity index is 121. The van der Waals surface area contributed by atoms with Crippen LogP contribution in [-0.4, -0.2) is 26.9 Å². The highest BCUT2D eigenvalue weighted by Crippen LogP contribution is 2.29. The molecule has 0 aliphatic heterocycles. The minimum atomic E-state index is -3.50. The van der Waals surface area contributed by atoms with E-state index in [2.05, 4.69) is 34.8 Å². The van der Waals surface area contributed by atoms with Crippen LogP contribution >= 0.6 is 34.8 Å². The van der Waals surface area contributed by atoms with Gasteiger partial charge in [0.2, 0.25) is 0 Å². The van der Waals surface area contributed by atoms with Crippen molar-refractivity contribution in [3.63, 3.8) is 0 Å². The van der Waals surface area contributed by atoms with E-state index in [0.717, 1.165) is 0 Å². The maximum atomic E-state index is 11.3. The van der Waals surface area contributed by atoms with Gasteiger partial charge < -0.3 is 0 Å². The molecule has 0 aliphatic carbocycles. The van der Waals surface area contributed by atoms with Gasteiger partial charge in [0, 0.05) is 23.3 Å². The normalized spacial score (nSPS) is 11.4. The van der Waals surface area contributed by atoms with Crippen LogP contribution in [0.3, 0.4) is 0 Å². The van der Waals surface area contributed by atoms with Crippen LogP contribution in [-0.2, 0) is 10.8 Å². The molecule has 11 heavy (non-hydrogen) atoms. The van der Waals surface area contributed by atoms with E-state index in [9.17, 15) is 13.0 Å². The first-order chi connectivity index (χ1) is 4.68. The molecule has 0 saturated heterocycles. The Hall–Kier alpha value is 0.880. The van der Waals surface area contributed by atoms with E-state index in [1.807, 2.05) is 0 Å². The molecule has 0 aromatic carbocycles. The third-order valence-corrected chi connectivity index (χ3v) is 1.24. The summed E-state index contributed by atoms with van der Waals surface area (Å²) in [5.74, 6) is 0. The van der Waals surface area contributed by atoms with E-state index < -0.39 is 21.0 Å². The average Bonchev–Trinajstić information content (AvgIpc) is 1.59. The second kappa shape index (κ2) is 6.40. The van der Waals surface area contributed by atoms with Gasteiger partial charge in [-0.05, 0) is 11.6 Å². The maximum Gasteiger partial charge on any atom is 0.351 e. The monoisotopic (exact) mass is 246 g/mol. The summed E-state index contributed by atoms with van der Waals surface area (Å²) < 4.78 is 32.2. The molecule has 0 bridgehead atoms. The second-order valence-corrected chi connectivity index (χ2v) is 4.67. The predicted molar refractivity (Wildman–Crippen MR) is 46.3 cm³/mol. The molecule has 0 unspecified atom stereocenters. The lowest BCUT2D eigenvalue weighted by atomic mass is 10.8. The van der Waals surface area contributed by atoms with Gasteiger partial charge in [-0.15, -0.1) is 0 Å². The van der Waals surface area contributed by atoms with Crippen LogP contribution in [0.4, 0.5) is 8.78 Å². The van der Waals surface area contributed by atoms with Crippen molar-refractivity contribution < 1.29 is 13.0 Å². The molecule has 0 saturated carbocycles. The van der Waals surface area contributed by atoms with Crippen LogP contribution in [0, 0.1) is 0 Å². The van der Waals surface area contributed by atoms with Gasteiger partial charge in [-0.3, -0.25) is 4.21 Å². The Labute approximate surface area is 81.5 Å². The molecule has 0 N–H and O–H groups in total. The van der Waals surface area contributed by atoms with Gasteiger partial charge in [0.05, 0.1) is 0 Å². The molecule has 0 aromatic heterocycles. The first-order valence-electron chi connectivity index (χ1n) is 2.28. The van der Waals surface area contributed by atoms with E-state index in [1.54, 1.807) is 12.5 Å². The lowest BCUT2D eigenvalue weighted by Gasteiger charge is -2.05. The first kappa shape index (κ1) is 14.4. The van der Waals surface area contributed by atoms with Gasteiger partial charge in [0.15, 0.2) is 4.84 Å². The Morgan fingerprint density at radius 3 is 1.45 bits per heavy atom. The second-order valence-electron chi connectivity index (χ2n) is 1.58. The molecular weight excluding hydrogens is 240 g/mol. The molecule has 1 nitrogen and oxygen atoms in total. The van der Waals surface area contributed by atoms with Crippen LogP contribution in [0.2, 0.25) is 0 Å². The van der Waals surface area contributed by atoms with Gasteiger partial charge in [0.1, 0.15) is 0 Å². The molecule has 7 heteroatoms. The molecule has 0 aromatic rings. The van der Waals surface area contributed by atoms with Gasteiger partial charge >= 0.3 is 5.38 Å². The van der Waals surface area contributed by atoms with Crippen molar-refractivity contribution >= 4 is 45.6 Å². The summed E-state index contributed by atoms with van der Waals surface area (Å²) in [6.07, 6.45) is 3.28. The summed E-state index contributed by atoms with van der Waals surface area (Å²) in [6, 6.07) is 0. The maximum absolute atomic E-state index is 11.3. The largest absolute Gasteiger partial charge is 0.351 e. The van der Waals surface area contributed by atoms with Crippen molar-refractivity contribution in [2.75, 3.05) is 12.5 Å². The number of rotatable bonds is 1. The molecule has 0 heterocycles.